The minimum Gasteiger partial charge on any atom is -0.396 e. The van der Waals surface area contributed by atoms with Crippen molar-refractivity contribution in [2.75, 3.05) is 25.0 Å². The fraction of sp³-hybridized carbons (Fsp3) is 0.333. The fourth-order valence-corrected chi connectivity index (χ4v) is 3.32. The third-order valence-electron chi connectivity index (χ3n) is 4.79. The summed E-state index contributed by atoms with van der Waals surface area (Å²) in [5, 5.41) is 21.8. The lowest BCUT2D eigenvalue weighted by atomic mass is 9.98. The van der Waals surface area contributed by atoms with Gasteiger partial charge in [0.15, 0.2) is 0 Å². The molecule has 0 aliphatic carbocycles. The van der Waals surface area contributed by atoms with Gasteiger partial charge in [-0.05, 0) is 48.6 Å². The van der Waals surface area contributed by atoms with E-state index in [0.717, 1.165) is 30.6 Å². The summed E-state index contributed by atoms with van der Waals surface area (Å²) in [6.45, 7) is 2.01. The number of carbonyl (C=O) groups excluding carboxylic acids is 1. The second-order valence-electron chi connectivity index (χ2n) is 6.65. The maximum absolute atomic E-state index is 12.8. The molecule has 1 atom stereocenters. The molecule has 1 aliphatic rings. The molecule has 2 aromatic rings. The van der Waals surface area contributed by atoms with E-state index in [9.17, 15) is 15.2 Å². The highest BCUT2D eigenvalue weighted by molar-refractivity contribution is 5.95. The van der Waals surface area contributed by atoms with Crippen molar-refractivity contribution in [3.8, 4) is 6.07 Å². The van der Waals surface area contributed by atoms with Gasteiger partial charge in [-0.25, -0.2) is 0 Å². The van der Waals surface area contributed by atoms with Crippen LogP contribution < -0.4 is 5.32 Å². The molecule has 0 bridgehead atoms. The topological polar surface area (TPSA) is 76.4 Å². The Bertz CT molecular complexity index is 813. The van der Waals surface area contributed by atoms with Crippen molar-refractivity contribution in [3.63, 3.8) is 0 Å². The van der Waals surface area contributed by atoms with Gasteiger partial charge in [0.05, 0.1) is 11.6 Å². The third-order valence-corrected chi connectivity index (χ3v) is 4.79. The Morgan fingerprint density at radius 3 is 2.92 bits per heavy atom. The van der Waals surface area contributed by atoms with Crippen LogP contribution in [-0.2, 0) is 6.54 Å². The predicted molar refractivity (Wildman–Crippen MR) is 101 cm³/mol. The first-order valence-electron chi connectivity index (χ1n) is 8.93. The number of hydrogen-bond donors (Lipinski definition) is 2. The highest BCUT2D eigenvalue weighted by Gasteiger charge is 2.24. The SMILES string of the molecule is N#Cc1ccccc1CNc1cccc(C(=O)N2CCCC(CO)C2)c1. The first-order valence-corrected chi connectivity index (χ1v) is 8.93. The second-order valence-corrected chi connectivity index (χ2v) is 6.65. The summed E-state index contributed by atoms with van der Waals surface area (Å²) in [5.74, 6) is 0.181. The smallest absolute Gasteiger partial charge is 0.253 e. The van der Waals surface area contributed by atoms with E-state index in [-0.39, 0.29) is 18.4 Å². The predicted octanol–water partition coefficient (Wildman–Crippen LogP) is 3.01. The van der Waals surface area contributed by atoms with Gasteiger partial charge in [-0.1, -0.05) is 24.3 Å². The maximum Gasteiger partial charge on any atom is 0.253 e. The second kappa shape index (κ2) is 8.50. The summed E-state index contributed by atoms with van der Waals surface area (Å²) in [6, 6.07) is 17.1. The molecule has 1 aliphatic heterocycles. The number of nitrogens with zero attached hydrogens (tertiary/aromatic N) is 2. The summed E-state index contributed by atoms with van der Waals surface area (Å²) in [6.07, 6.45) is 1.90. The van der Waals surface area contributed by atoms with Gasteiger partial charge in [-0.2, -0.15) is 5.26 Å². The van der Waals surface area contributed by atoms with E-state index in [0.29, 0.717) is 24.2 Å². The summed E-state index contributed by atoms with van der Waals surface area (Å²) in [4.78, 5) is 14.6. The number of aliphatic hydroxyl groups is 1. The molecule has 134 valence electrons. The van der Waals surface area contributed by atoms with E-state index < -0.39 is 0 Å². The number of aliphatic hydroxyl groups excluding tert-OH is 1. The Hall–Kier alpha value is -2.84. The number of amides is 1. The van der Waals surface area contributed by atoms with Gasteiger partial charge in [0.2, 0.25) is 0 Å². The maximum atomic E-state index is 12.8. The number of nitrogens with one attached hydrogen (secondary N) is 1. The van der Waals surface area contributed by atoms with Crippen LogP contribution in [0.5, 0.6) is 0 Å². The van der Waals surface area contributed by atoms with Crippen LogP contribution in [0.1, 0.15) is 34.3 Å². The Labute approximate surface area is 153 Å². The lowest BCUT2D eigenvalue weighted by Crippen LogP contribution is -2.40. The van der Waals surface area contributed by atoms with Crippen LogP contribution in [0.2, 0.25) is 0 Å². The van der Waals surface area contributed by atoms with Crippen molar-refractivity contribution < 1.29 is 9.90 Å². The standard InChI is InChI=1S/C21H23N3O2/c22-12-18-6-1-2-7-19(18)13-23-20-9-3-8-17(11-20)21(26)24-10-4-5-16(14-24)15-25/h1-3,6-9,11,16,23,25H,4-5,10,13-15H2. The lowest BCUT2D eigenvalue weighted by Gasteiger charge is -2.32. The highest BCUT2D eigenvalue weighted by atomic mass is 16.3. The molecule has 1 fully saturated rings. The molecule has 1 saturated heterocycles. The minimum atomic E-state index is 0.00391. The number of carbonyl (C=O) groups is 1. The van der Waals surface area contributed by atoms with Crippen LogP contribution in [0, 0.1) is 17.2 Å². The number of likely N-dealkylation sites (tertiary alicyclic amines) is 1. The Morgan fingerprint density at radius 2 is 2.12 bits per heavy atom. The zero-order chi connectivity index (χ0) is 18.4. The fourth-order valence-electron chi connectivity index (χ4n) is 3.32. The van der Waals surface area contributed by atoms with Crippen molar-refractivity contribution >= 4 is 11.6 Å². The zero-order valence-corrected chi connectivity index (χ0v) is 14.7. The van der Waals surface area contributed by atoms with E-state index >= 15 is 0 Å². The summed E-state index contributed by atoms with van der Waals surface area (Å²) >= 11 is 0. The normalized spacial score (nSPS) is 16.8. The van der Waals surface area contributed by atoms with Gasteiger partial charge in [0.1, 0.15) is 0 Å². The number of piperidine rings is 1. The number of anilines is 1. The largest absolute Gasteiger partial charge is 0.396 e. The van der Waals surface area contributed by atoms with Gasteiger partial charge in [-0.15, -0.1) is 0 Å². The van der Waals surface area contributed by atoms with E-state index in [1.807, 2.05) is 47.4 Å². The van der Waals surface area contributed by atoms with Crippen molar-refractivity contribution in [1.82, 2.24) is 4.90 Å². The Kier molecular flexibility index (Phi) is 5.88. The van der Waals surface area contributed by atoms with Crippen molar-refractivity contribution in [2.24, 2.45) is 5.92 Å². The van der Waals surface area contributed by atoms with Crippen LogP contribution in [-0.4, -0.2) is 35.6 Å². The molecule has 26 heavy (non-hydrogen) atoms. The number of benzene rings is 2. The van der Waals surface area contributed by atoms with E-state index in [1.165, 1.54) is 0 Å². The number of nitriles is 1. The number of rotatable bonds is 5. The number of hydrogen-bond acceptors (Lipinski definition) is 4. The molecule has 3 rings (SSSR count). The van der Waals surface area contributed by atoms with Crippen molar-refractivity contribution in [1.29, 1.82) is 5.26 Å². The zero-order valence-electron chi connectivity index (χ0n) is 14.7. The Balaban J connectivity index is 1.68. The van der Waals surface area contributed by atoms with E-state index in [4.69, 9.17) is 0 Å². The molecule has 5 heteroatoms. The molecular formula is C21H23N3O2. The Morgan fingerprint density at radius 1 is 1.27 bits per heavy atom. The molecular weight excluding hydrogens is 326 g/mol. The van der Waals surface area contributed by atoms with Crippen molar-refractivity contribution in [2.45, 2.75) is 19.4 Å². The highest BCUT2D eigenvalue weighted by Crippen LogP contribution is 2.20. The van der Waals surface area contributed by atoms with Gasteiger partial charge in [0, 0.05) is 37.5 Å². The van der Waals surface area contributed by atoms with Gasteiger partial charge >= 0.3 is 0 Å². The molecule has 0 aromatic heterocycles. The molecule has 0 radical (unpaired) electrons. The average molecular weight is 349 g/mol. The third kappa shape index (κ3) is 4.22. The molecule has 2 aromatic carbocycles. The van der Waals surface area contributed by atoms with Crippen LogP contribution >= 0.6 is 0 Å². The van der Waals surface area contributed by atoms with Gasteiger partial charge < -0.3 is 15.3 Å². The summed E-state index contributed by atoms with van der Waals surface area (Å²) in [7, 11) is 0. The minimum absolute atomic E-state index is 0.00391. The first-order chi connectivity index (χ1) is 12.7. The van der Waals surface area contributed by atoms with Crippen molar-refractivity contribution in [3.05, 3.63) is 65.2 Å². The lowest BCUT2D eigenvalue weighted by molar-refractivity contribution is 0.0621. The monoisotopic (exact) mass is 349 g/mol. The van der Waals surface area contributed by atoms with E-state index in [1.54, 1.807) is 6.07 Å². The molecule has 1 unspecified atom stereocenters. The van der Waals surface area contributed by atoms with Crippen LogP contribution in [0.4, 0.5) is 5.69 Å². The quantitative estimate of drug-likeness (QED) is 0.870. The summed E-state index contributed by atoms with van der Waals surface area (Å²) in [5.41, 5.74) is 3.06. The molecule has 2 N–H and O–H groups in total. The molecule has 1 amide bonds. The van der Waals surface area contributed by atoms with Crippen LogP contribution in [0.3, 0.4) is 0 Å². The first kappa shape index (κ1) is 18.0. The van der Waals surface area contributed by atoms with E-state index in [2.05, 4.69) is 11.4 Å². The average Bonchev–Trinajstić information content (AvgIpc) is 2.72. The molecule has 0 saturated carbocycles. The van der Waals surface area contributed by atoms with Crippen LogP contribution in [0.25, 0.3) is 0 Å². The molecule has 1 heterocycles. The molecule has 0 spiro atoms. The van der Waals surface area contributed by atoms with Gasteiger partial charge in [-0.3, -0.25) is 4.79 Å². The van der Waals surface area contributed by atoms with Crippen LogP contribution in [0.15, 0.2) is 48.5 Å². The van der Waals surface area contributed by atoms with Gasteiger partial charge in [0.25, 0.3) is 5.91 Å². The summed E-state index contributed by atoms with van der Waals surface area (Å²) < 4.78 is 0. The molecule has 5 nitrogen and oxygen atoms in total.